The van der Waals surface area contributed by atoms with Gasteiger partial charge in [0.25, 0.3) is 5.56 Å². The summed E-state index contributed by atoms with van der Waals surface area (Å²) in [6.07, 6.45) is 3.09. The second-order valence-corrected chi connectivity index (χ2v) is 6.92. The Morgan fingerprint density at radius 1 is 1.28 bits per heavy atom. The molecule has 3 aromatic rings. The van der Waals surface area contributed by atoms with Gasteiger partial charge in [-0.2, -0.15) is 4.98 Å². The Balaban J connectivity index is 1.66. The van der Waals surface area contributed by atoms with E-state index in [1.165, 1.54) is 0 Å². The number of aryl methyl sites for hydroxylation is 1. The minimum Gasteiger partial charge on any atom is -0.381 e. The highest BCUT2D eigenvalue weighted by Crippen LogP contribution is 2.23. The van der Waals surface area contributed by atoms with Gasteiger partial charge in [0.1, 0.15) is 11.6 Å². The van der Waals surface area contributed by atoms with E-state index in [-0.39, 0.29) is 17.2 Å². The van der Waals surface area contributed by atoms with E-state index < -0.39 is 0 Å². The predicted molar refractivity (Wildman–Crippen MR) is 107 cm³/mol. The molecule has 0 amide bonds. The third-order valence-corrected chi connectivity index (χ3v) is 4.85. The fourth-order valence-corrected chi connectivity index (χ4v) is 3.37. The van der Waals surface area contributed by atoms with E-state index in [4.69, 9.17) is 14.7 Å². The molecule has 3 N–H and O–H groups in total. The number of nitrogens with one attached hydrogen (secondary N) is 3. The van der Waals surface area contributed by atoms with Gasteiger partial charge < -0.3 is 25.0 Å². The first-order valence-electron chi connectivity index (χ1n) is 9.50. The van der Waals surface area contributed by atoms with Crippen molar-refractivity contribution in [3.63, 3.8) is 0 Å². The van der Waals surface area contributed by atoms with Gasteiger partial charge >= 0.3 is 0 Å². The number of aromatic amines is 1. The number of anilines is 1. The van der Waals surface area contributed by atoms with Crippen LogP contribution in [0.15, 0.2) is 33.6 Å². The van der Waals surface area contributed by atoms with E-state index in [0.29, 0.717) is 43.0 Å². The fraction of sp³-hybridized carbons (Fsp3) is 0.350. The van der Waals surface area contributed by atoms with E-state index in [1.807, 2.05) is 24.3 Å². The van der Waals surface area contributed by atoms with Crippen molar-refractivity contribution in [1.29, 1.82) is 5.41 Å². The monoisotopic (exact) mass is 394 g/mol. The van der Waals surface area contributed by atoms with Crippen molar-refractivity contribution in [1.82, 2.24) is 20.1 Å². The molecular formula is C20H22N6O3. The maximum absolute atomic E-state index is 12.5. The molecule has 0 spiro atoms. The molecule has 150 valence electrons. The summed E-state index contributed by atoms with van der Waals surface area (Å²) in [6, 6.07) is 7.83. The second kappa shape index (κ2) is 8.36. The summed E-state index contributed by atoms with van der Waals surface area (Å²) in [5.74, 6) is 1.91. The van der Waals surface area contributed by atoms with Crippen LogP contribution in [0.2, 0.25) is 0 Å². The van der Waals surface area contributed by atoms with Gasteiger partial charge in [-0.15, -0.1) is 0 Å². The molecule has 1 saturated heterocycles. The summed E-state index contributed by atoms with van der Waals surface area (Å²) in [6.45, 7) is 3.08. The van der Waals surface area contributed by atoms with Crippen LogP contribution in [0.3, 0.4) is 0 Å². The summed E-state index contributed by atoms with van der Waals surface area (Å²) in [5, 5.41) is 14.9. The van der Waals surface area contributed by atoms with Crippen molar-refractivity contribution in [2.24, 2.45) is 0 Å². The van der Waals surface area contributed by atoms with E-state index in [2.05, 4.69) is 25.4 Å². The van der Waals surface area contributed by atoms with Crippen LogP contribution in [0, 0.1) is 12.3 Å². The van der Waals surface area contributed by atoms with Gasteiger partial charge in [-0.25, -0.2) is 4.98 Å². The van der Waals surface area contributed by atoms with Crippen molar-refractivity contribution in [2.45, 2.75) is 32.2 Å². The van der Waals surface area contributed by atoms with E-state index in [0.717, 1.165) is 30.2 Å². The topological polar surface area (TPSA) is 130 Å². The first-order chi connectivity index (χ1) is 14.1. The first-order valence-corrected chi connectivity index (χ1v) is 9.50. The molecule has 0 aliphatic carbocycles. The Hall–Kier alpha value is -3.33. The third-order valence-electron chi connectivity index (χ3n) is 4.85. The maximum Gasteiger partial charge on any atom is 0.261 e. The molecular weight excluding hydrogens is 372 g/mol. The Morgan fingerprint density at radius 2 is 2.07 bits per heavy atom. The molecule has 0 unspecified atom stereocenters. The standard InChI is InChI=1S/C20H22N6O3/c1-12-22-19(26-29-12)15-5-3-2-4-13(15)10-17-24-18(16(11-21)20(27)25-17)23-14-6-8-28-9-7-14/h2-5,11,14,21H,6-10H2,1H3,(H2,23,24,25,27). The summed E-state index contributed by atoms with van der Waals surface area (Å²) < 4.78 is 10.5. The van der Waals surface area contributed by atoms with Gasteiger partial charge in [0.2, 0.25) is 11.7 Å². The quantitative estimate of drug-likeness (QED) is 0.547. The molecule has 9 heteroatoms. The van der Waals surface area contributed by atoms with Crippen LogP contribution in [-0.2, 0) is 11.2 Å². The molecule has 9 nitrogen and oxygen atoms in total. The molecule has 0 bridgehead atoms. The number of H-pyrrole nitrogens is 1. The Kier molecular flexibility index (Phi) is 5.48. The van der Waals surface area contributed by atoms with Gasteiger partial charge in [-0.05, 0) is 18.4 Å². The predicted octanol–water partition coefficient (Wildman–Crippen LogP) is 2.31. The number of aromatic nitrogens is 4. The largest absolute Gasteiger partial charge is 0.381 e. The minimum absolute atomic E-state index is 0.166. The number of nitrogens with zero attached hydrogens (tertiary/aromatic N) is 3. The van der Waals surface area contributed by atoms with Gasteiger partial charge in [-0.3, -0.25) is 4.79 Å². The zero-order valence-corrected chi connectivity index (χ0v) is 16.1. The lowest BCUT2D eigenvalue weighted by Gasteiger charge is -2.24. The van der Waals surface area contributed by atoms with Crippen LogP contribution in [0.4, 0.5) is 5.82 Å². The van der Waals surface area contributed by atoms with Crippen molar-refractivity contribution < 1.29 is 9.26 Å². The van der Waals surface area contributed by atoms with Crippen LogP contribution < -0.4 is 10.9 Å². The average Bonchev–Trinajstić information content (AvgIpc) is 3.15. The van der Waals surface area contributed by atoms with Crippen LogP contribution in [0.25, 0.3) is 11.4 Å². The van der Waals surface area contributed by atoms with Gasteiger partial charge in [0, 0.05) is 44.4 Å². The van der Waals surface area contributed by atoms with Crippen molar-refractivity contribution in [3.05, 3.63) is 57.5 Å². The highest BCUT2D eigenvalue weighted by Gasteiger charge is 2.18. The first kappa shape index (κ1) is 19.0. The van der Waals surface area contributed by atoms with Gasteiger partial charge in [0.05, 0.1) is 5.56 Å². The van der Waals surface area contributed by atoms with Gasteiger partial charge in [-0.1, -0.05) is 29.4 Å². The van der Waals surface area contributed by atoms with Crippen molar-refractivity contribution in [3.8, 4) is 11.4 Å². The average molecular weight is 394 g/mol. The number of ether oxygens (including phenoxy) is 1. The molecule has 3 heterocycles. The molecule has 1 aromatic carbocycles. The lowest BCUT2D eigenvalue weighted by molar-refractivity contribution is 0.0904. The third kappa shape index (κ3) is 4.24. The maximum atomic E-state index is 12.5. The van der Waals surface area contributed by atoms with E-state index >= 15 is 0 Å². The molecule has 1 fully saturated rings. The molecule has 1 aliphatic heterocycles. The Bertz CT molecular complexity index is 1070. The highest BCUT2D eigenvalue weighted by atomic mass is 16.5. The number of hydrogen-bond donors (Lipinski definition) is 3. The zero-order valence-electron chi connectivity index (χ0n) is 16.1. The molecule has 29 heavy (non-hydrogen) atoms. The normalized spacial score (nSPS) is 14.7. The second-order valence-electron chi connectivity index (χ2n) is 6.92. The minimum atomic E-state index is -0.340. The lowest BCUT2D eigenvalue weighted by Crippen LogP contribution is -2.30. The fourth-order valence-electron chi connectivity index (χ4n) is 3.37. The van der Waals surface area contributed by atoms with E-state index in [1.54, 1.807) is 6.92 Å². The van der Waals surface area contributed by atoms with Crippen LogP contribution in [0.1, 0.15) is 35.7 Å². The molecule has 0 saturated carbocycles. The molecule has 1 aliphatic rings. The number of hydrogen-bond acceptors (Lipinski definition) is 8. The molecule has 2 aromatic heterocycles. The zero-order chi connectivity index (χ0) is 20.2. The molecule has 0 atom stereocenters. The SMILES string of the molecule is Cc1nc(-c2ccccc2Cc2nc(NC3CCOCC3)c(C=N)c(=O)[nH]2)no1. The number of benzene rings is 1. The van der Waals surface area contributed by atoms with Crippen LogP contribution in [0.5, 0.6) is 0 Å². The Morgan fingerprint density at radius 3 is 2.79 bits per heavy atom. The van der Waals surface area contributed by atoms with Crippen LogP contribution >= 0.6 is 0 Å². The molecule has 0 radical (unpaired) electrons. The van der Waals surface area contributed by atoms with E-state index in [9.17, 15) is 4.79 Å². The summed E-state index contributed by atoms with van der Waals surface area (Å²) in [7, 11) is 0. The highest BCUT2D eigenvalue weighted by molar-refractivity contribution is 5.83. The Labute approximate surface area is 167 Å². The van der Waals surface area contributed by atoms with Gasteiger partial charge in [0.15, 0.2) is 0 Å². The molecule has 4 rings (SSSR count). The summed E-state index contributed by atoms with van der Waals surface area (Å²) in [4.78, 5) is 24.2. The summed E-state index contributed by atoms with van der Waals surface area (Å²) in [5.41, 5.74) is 1.62. The van der Waals surface area contributed by atoms with Crippen molar-refractivity contribution >= 4 is 12.0 Å². The van der Waals surface area contributed by atoms with Crippen LogP contribution in [-0.4, -0.2) is 45.6 Å². The lowest BCUT2D eigenvalue weighted by atomic mass is 10.0. The number of rotatable bonds is 6. The smallest absolute Gasteiger partial charge is 0.261 e. The summed E-state index contributed by atoms with van der Waals surface area (Å²) >= 11 is 0. The van der Waals surface area contributed by atoms with Crippen molar-refractivity contribution in [2.75, 3.05) is 18.5 Å².